The van der Waals surface area contributed by atoms with E-state index in [2.05, 4.69) is 21.2 Å². The van der Waals surface area contributed by atoms with E-state index < -0.39 is 0 Å². The summed E-state index contributed by atoms with van der Waals surface area (Å²) in [6.45, 7) is 4.41. The Morgan fingerprint density at radius 3 is 2.79 bits per heavy atom. The first-order chi connectivity index (χ1) is 9.15. The number of aryl methyl sites for hydroxylation is 1. The van der Waals surface area contributed by atoms with Crippen LogP contribution in [0.1, 0.15) is 22.3 Å². The van der Waals surface area contributed by atoms with E-state index in [1.54, 1.807) is 7.11 Å². The second-order valence-corrected chi connectivity index (χ2v) is 5.05. The number of benzene rings is 1. The van der Waals surface area contributed by atoms with E-state index in [0.29, 0.717) is 31.9 Å². The van der Waals surface area contributed by atoms with Gasteiger partial charge < -0.3 is 14.8 Å². The summed E-state index contributed by atoms with van der Waals surface area (Å²) in [5.41, 5.74) is 1.78. The van der Waals surface area contributed by atoms with Gasteiger partial charge in [-0.1, -0.05) is 6.07 Å². The molecule has 106 valence electrons. The third-order valence-electron chi connectivity index (χ3n) is 2.55. The van der Waals surface area contributed by atoms with Gasteiger partial charge in [0.1, 0.15) is 0 Å². The molecule has 4 nitrogen and oxygen atoms in total. The van der Waals surface area contributed by atoms with Crippen molar-refractivity contribution in [1.29, 1.82) is 0 Å². The summed E-state index contributed by atoms with van der Waals surface area (Å²) in [7, 11) is 1.64. The quantitative estimate of drug-likeness (QED) is 0.745. The number of hydrogen-bond donors (Lipinski definition) is 1. The Morgan fingerprint density at radius 1 is 1.32 bits per heavy atom. The van der Waals surface area contributed by atoms with Crippen LogP contribution in [0.3, 0.4) is 0 Å². The summed E-state index contributed by atoms with van der Waals surface area (Å²) < 4.78 is 11.0. The van der Waals surface area contributed by atoms with Crippen molar-refractivity contribution in [2.75, 3.05) is 33.5 Å². The first-order valence-corrected chi connectivity index (χ1v) is 7.05. The first-order valence-electron chi connectivity index (χ1n) is 6.26. The lowest BCUT2D eigenvalue weighted by Crippen LogP contribution is -2.25. The minimum Gasteiger partial charge on any atom is -0.382 e. The lowest BCUT2D eigenvalue weighted by Gasteiger charge is -2.08. The van der Waals surface area contributed by atoms with Crippen molar-refractivity contribution in [2.24, 2.45) is 0 Å². The predicted octanol–water partition coefficient (Wildman–Crippen LogP) is 2.54. The van der Waals surface area contributed by atoms with Crippen LogP contribution in [0.2, 0.25) is 0 Å². The molecule has 0 aromatic heterocycles. The molecule has 0 aliphatic rings. The number of carbonyl (C=O) groups excluding carboxylic acids is 1. The minimum absolute atomic E-state index is 0.0660. The molecule has 1 aromatic rings. The van der Waals surface area contributed by atoms with Gasteiger partial charge in [0.05, 0.1) is 18.8 Å². The van der Waals surface area contributed by atoms with Crippen molar-refractivity contribution in [2.45, 2.75) is 13.3 Å². The summed E-state index contributed by atoms with van der Waals surface area (Å²) in [6.07, 6.45) is 0.791. The molecule has 0 atom stereocenters. The molecule has 0 aliphatic heterocycles. The maximum atomic E-state index is 11.9. The summed E-state index contributed by atoms with van der Waals surface area (Å²) in [5, 5.41) is 2.87. The average molecular weight is 330 g/mol. The maximum absolute atomic E-state index is 11.9. The molecule has 1 N–H and O–H groups in total. The number of ether oxygens (including phenoxy) is 2. The van der Waals surface area contributed by atoms with E-state index in [1.165, 1.54) is 0 Å². The van der Waals surface area contributed by atoms with Crippen LogP contribution in [0.25, 0.3) is 0 Å². The van der Waals surface area contributed by atoms with Crippen molar-refractivity contribution in [3.05, 3.63) is 33.8 Å². The molecule has 0 heterocycles. The van der Waals surface area contributed by atoms with Crippen LogP contribution in [0, 0.1) is 6.92 Å². The zero-order chi connectivity index (χ0) is 14.1. The number of halogens is 1. The van der Waals surface area contributed by atoms with Crippen LogP contribution in [-0.2, 0) is 9.47 Å². The molecular formula is C14H20BrNO3. The molecule has 0 radical (unpaired) electrons. The van der Waals surface area contributed by atoms with Gasteiger partial charge in [0.25, 0.3) is 5.91 Å². The van der Waals surface area contributed by atoms with Crippen LogP contribution in [0.5, 0.6) is 0 Å². The van der Waals surface area contributed by atoms with Gasteiger partial charge in [-0.2, -0.15) is 0 Å². The molecule has 1 rings (SSSR count). The monoisotopic (exact) mass is 329 g/mol. The molecule has 0 unspecified atom stereocenters. The highest BCUT2D eigenvalue weighted by Gasteiger charge is 2.08. The van der Waals surface area contributed by atoms with Crippen molar-refractivity contribution in [3.63, 3.8) is 0 Å². The third-order valence-corrected chi connectivity index (χ3v) is 3.21. The standard InChI is InChI=1S/C14H20BrNO3/c1-11-4-5-12(13(15)10-11)14(17)16-6-3-7-19-9-8-18-2/h4-5,10H,3,6-9H2,1-2H3,(H,16,17). The topological polar surface area (TPSA) is 47.6 Å². The number of methoxy groups -OCH3 is 1. The fraction of sp³-hybridized carbons (Fsp3) is 0.500. The first kappa shape index (κ1) is 16.1. The van der Waals surface area contributed by atoms with Crippen molar-refractivity contribution in [3.8, 4) is 0 Å². The fourth-order valence-electron chi connectivity index (χ4n) is 1.52. The number of rotatable bonds is 8. The Hall–Kier alpha value is -0.910. The second-order valence-electron chi connectivity index (χ2n) is 4.20. The molecule has 0 fully saturated rings. The summed E-state index contributed by atoms with van der Waals surface area (Å²) in [5.74, 6) is -0.0660. The molecule has 1 amide bonds. The highest BCUT2D eigenvalue weighted by atomic mass is 79.9. The smallest absolute Gasteiger partial charge is 0.252 e. The maximum Gasteiger partial charge on any atom is 0.252 e. The molecule has 0 saturated heterocycles. The molecular weight excluding hydrogens is 310 g/mol. The van der Waals surface area contributed by atoms with E-state index in [1.807, 2.05) is 25.1 Å². The SMILES string of the molecule is COCCOCCCNC(=O)c1ccc(C)cc1Br. The number of carbonyl (C=O) groups is 1. The van der Waals surface area contributed by atoms with Gasteiger partial charge in [-0.15, -0.1) is 0 Å². The summed E-state index contributed by atoms with van der Waals surface area (Å²) >= 11 is 3.40. The van der Waals surface area contributed by atoms with E-state index >= 15 is 0 Å². The molecule has 0 aliphatic carbocycles. The van der Waals surface area contributed by atoms with Crippen molar-refractivity contribution in [1.82, 2.24) is 5.32 Å². The van der Waals surface area contributed by atoms with Crippen LogP contribution < -0.4 is 5.32 Å². The Labute approximate surface area is 122 Å². The number of amides is 1. The Kier molecular flexibility index (Phi) is 7.70. The fourth-order valence-corrected chi connectivity index (χ4v) is 2.19. The van der Waals surface area contributed by atoms with Crippen LogP contribution in [-0.4, -0.2) is 39.4 Å². The predicted molar refractivity (Wildman–Crippen MR) is 78.5 cm³/mol. The van der Waals surface area contributed by atoms with Gasteiger partial charge in [0.2, 0.25) is 0 Å². The largest absolute Gasteiger partial charge is 0.382 e. The zero-order valence-corrected chi connectivity index (χ0v) is 13.0. The third kappa shape index (κ3) is 6.18. The van der Waals surface area contributed by atoms with Crippen LogP contribution in [0.4, 0.5) is 0 Å². The second kappa shape index (κ2) is 9.07. The highest BCUT2D eigenvalue weighted by Crippen LogP contribution is 2.18. The van der Waals surface area contributed by atoms with Crippen LogP contribution in [0.15, 0.2) is 22.7 Å². The van der Waals surface area contributed by atoms with E-state index in [-0.39, 0.29) is 5.91 Å². The zero-order valence-electron chi connectivity index (χ0n) is 11.4. The molecule has 0 saturated carbocycles. The van der Waals surface area contributed by atoms with Gasteiger partial charge in [0.15, 0.2) is 0 Å². The molecule has 1 aromatic carbocycles. The average Bonchev–Trinajstić information content (AvgIpc) is 2.37. The Morgan fingerprint density at radius 2 is 2.11 bits per heavy atom. The molecule has 5 heteroatoms. The van der Waals surface area contributed by atoms with Gasteiger partial charge in [-0.25, -0.2) is 0 Å². The van der Waals surface area contributed by atoms with Crippen molar-refractivity contribution >= 4 is 21.8 Å². The molecule has 19 heavy (non-hydrogen) atoms. The molecule has 0 bridgehead atoms. The van der Waals surface area contributed by atoms with Crippen molar-refractivity contribution < 1.29 is 14.3 Å². The minimum atomic E-state index is -0.0660. The Bertz CT molecular complexity index is 410. The normalized spacial score (nSPS) is 10.5. The van der Waals surface area contributed by atoms with Gasteiger partial charge in [0, 0.05) is 24.7 Å². The highest BCUT2D eigenvalue weighted by molar-refractivity contribution is 9.10. The molecule has 0 spiro atoms. The number of nitrogens with one attached hydrogen (secondary N) is 1. The Balaban J connectivity index is 2.24. The van der Waals surface area contributed by atoms with Crippen LogP contribution >= 0.6 is 15.9 Å². The lowest BCUT2D eigenvalue weighted by atomic mass is 10.1. The van der Waals surface area contributed by atoms with Gasteiger partial charge >= 0.3 is 0 Å². The van der Waals surface area contributed by atoms with Gasteiger partial charge in [-0.3, -0.25) is 4.79 Å². The lowest BCUT2D eigenvalue weighted by molar-refractivity contribution is 0.0688. The summed E-state index contributed by atoms with van der Waals surface area (Å²) in [6, 6.07) is 5.68. The van der Waals surface area contributed by atoms with E-state index in [9.17, 15) is 4.79 Å². The van der Waals surface area contributed by atoms with E-state index in [4.69, 9.17) is 9.47 Å². The summed E-state index contributed by atoms with van der Waals surface area (Å²) in [4.78, 5) is 11.9. The van der Waals surface area contributed by atoms with E-state index in [0.717, 1.165) is 16.5 Å². The van der Waals surface area contributed by atoms with Gasteiger partial charge in [-0.05, 0) is 47.0 Å². The number of hydrogen-bond acceptors (Lipinski definition) is 3.